The smallest absolute Gasteiger partial charge is 0.339 e. The minimum atomic E-state index is -1.19. The van der Waals surface area contributed by atoms with E-state index in [4.69, 9.17) is 10.2 Å². The van der Waals surface area contributed by atoms with Crippen LogP contribution in [0.2, 0.25) is 0 Å². The zero-order chi connectivity index (χ0) is 9.56. The molecular weight excluding hydrogens is 160 g/mol. The molecule has 0 aromatic rings. The van der Waals surface area contributed by atoms with Crippen molar-refractivity contribution in [1.29, 1.82) is 0 Å². The van der Waals surface area contributed by atoms with Crippen LogP contribution in [0.25, 0.3) is 0 Å². The van der Waals surface area contributed by atoms with Crippen molar-refractivity contribution in [3.05, 3.63) is 17.4 Å². The van der Waals surface area contributed by atoms with Crippen molar-refractivity contribution in [3.63, 3.8) is 0 Å². The Labute approximate surface area is 69.8 Å². The molecule has 0 saturated carbocycles. The van der Waals surface area contributed by atoms with Gasteiger partial charge >= 0.3 is 11.9 Å². The van der Waals surface area contributed by atoms with Crippen LogP contribution in [0.1, 0.15) is 19.8 Å². The van der Waals surface area contributed by atoms with Gasteiger partial charge in [-0.15, -0.1) is 5.73 Å². The maximum atomic E-state index is 10.4. The van der Waals surface area contributed by atoms with E-state index in [1.54, 1.807) is 0 Å². The third-order valence-corrected chi connectivity index (χ3v) is 1.13. The third kappa shape index (κ3) is 4.30. The molecule has 66 valence electrons. The van der Waals surface area contributed by atoms with Crippen molar-refractivity contribution in [1.82, 2.24) is 0 Å². The molecule has 0 aliphatic carbocycles. The van der Waals surface area contributed by atoms with Gasteiger partial charge < -0.3 is 10.2 Å². The molecule has 0 aliphatic rings. The van der Waals surface area contributed by atoms with Gasteiger partial charge in [-0.1, -0.05) is 13.3 Å². The van der Waals surface area contributed by atoms with Gasteiger partial charge in [0, 0.05) is 0 Å². The normalized spacial score (nSPS) is 8.42. The summed E-state index contributed by atoms with van der Waals surface area (Å²) in [5, 5.41) is 16.7. The number of rotatable bonds is 4. The molecule has 0 aromatic heterocycles. The Morgan fingerprint density at radius 2 is 2.00 bits per heavy atom. The lowest BCUT2D eigenvalue weighted by atomic mass is 10.1. The molecular formula is C8H10O4. The highest BCUT2D eigenvalue weighted by Crippen LogP contribution is 2.02. The van der Waals surface area contributed by atoms with Gasteiger partial charge in [-0.05, 0) is 6.42 Å². The molecule has 0 saturated heterocycles. The van der Waals surface area contributed by atoms with Gasteiger partial charge in [-0.2, -0.15) is 0 Å². The minimum Gasteiger partial charge on any atom is -0.478 e. The summed E-state index contributed by atoms with van der Waals surface area (Å²) in [6.45, 7) is 1.81. The standard InChI is InChI=1S/C8H10O4/c1-2-3-6(8(11)12)4-5-7(9)10/h5H,2-3H2,1H3,(H,9,10)(H,11,12). The van der Waals surface area contributed by atoms with Crippen LogP contribution in [0.15, 0.2) is 17.4 Å². The van der Waals surface area contributed by atoms with Gasteiger partial charge in [0.25, 0.3) is 0 Å². The lowest BCUT2D eigenvalue weighted by Gasteiger charge is -1.92. The van der Waals surface area contributed by atoms with Gasteiger partial charge in [0.05, 0.1) is 11.6 Å². The van der Waals surface area contributed by atoms with Gasteiger partial charge in [-0.3, -0.25) is 0 Å². The van der Waals surface area contributed by atoms with Crippen molar-refractivity contribution >= 4 is 11.9 Å². The van der Waals surface area contributed by atoms with E-state index in [9.17, 15) is 9.59 Å². The third-order valence-electron chi connectivity index (χ3n) is 1.13. The summed E-state index contributed by atoms with van der Waals surface area (Å²) in [5.74, 6) is -2.31. The average molecular weight is 170 g/mol. The first-order valence-corrected chi connectivity index (χ1v) is 3.49. The lowest BCUT2D eigenvalue weighted by molar-refractivity contribution is -0.133. The van der Waals surface area contributed by atoms with Crippen molar-refractivity contribution in [3.8, 4) is 0 Å². The van der Waals surface area contributed by atoms with Crippen LogP contribution in [-0.4, -0.2) is 22.2 Å². The summed E-state index contributed by atoms with van der Waals surface area (Å²) in [6, 6.07) is 0. The molecule has 0 atom stereocenters. The highest BCUT2D eigenvalue weighted by atomic mass is 16.4. The fraction of sp³-hybridized carbons (Fsp3) is 0.375. The molecule has 0 aliphatic heterocycles. The predicted octanol–water partition coefficient (Wildman–Crippen LogP) is 1.04. The number of hydrogen-bond acceptors (Lipinski definition) is 2. The molecule has 12 heavy (non-hydrogen) atoms. The number of carbonyl (C=O) groups is 2. The summed E-state index contributed by atoms with van der Waals surface area (Å²) in [7, 11) is 0. The maximum Gasteiger partial charge on any atom is 0.339 e. The Hall–Kier alpha value is -1.54. The molecule has 0 aromatic carbocycles. The van der Waals surface area contributed by atoms with Crippen LogP contribution < -0.4 is 0 Å². The summed E-state index contributed by atoms with van der Waals surface area (Å²) >= 11 is 0. The van der Waals surface area contributed by atoms with E-state index in [2.05, 4.69) is 5.73 Å². The summed E-state index contributed by atoms with van der Waals surface area (Å²) in [6.07, 6.45) is 1.69. The van der Waals surface area contributed by atoms with E-state index in [-0.39, 0.29) is 5.57 Å². The van der Waals surface area contributed by atoms with Crippen LogP contribution in [0, 0.1) is 0 Å². The zero-order valence-corrected chi connectivity index (χ0v) is 6.70. The van der Waals surface area contributed by atoms with Crippen molar-refractivity contribution < 1.29 is 19.8 Å². The van der Waals surface area contributed by atoms with E-state index in [1.165, 1.54) is 0 Å². The second-order valence-corrected chi connectivity index (χ2v) is 2.16. The maximum absolute atomic E-state index is 10.4. The fourth-order valence-electron chi connectivity index (χ4n) is 0.640. The molecule has 2 N–H and O–H groups in total. The molecule has 4 heteroatoms. The van der Waals surface area contributed by atoms with E-state index < -0.39 is 11.9 Å². The second-order valence-electron chi connectivity index (χ2n) is 2.16. The van der Waals surface area contributed by atoms with Gasteiger partial charge in [0.15, 0.2) is 0 Å². The van der Waals surface area contributed by atoms with E-state index in [0.717, 1.165) is 0 Å². The highest BCUT2D eigenvalue weighted by Gasteiger charge is 2.03. The summed E-state index contributed by atoms with van der Waals surface area (Å²) < 4.78 is 0. The lowest BCUT2D eigenvalue weighted by Crippen LogP contribution is -1.99. The monoisotopic (exact) mass is 170 g/mol. The molecule has 0 radical (unpaired) electrons. The number of aliphatic carboxylic acids is 2. The van der Waals surface area contributed by atoms with Crippen molar-refractivity contribution in [2.45, 2.75) is 19.8 Å². The first-order valence-electron chi connectivity index (χ1n) is 3.49. The fourth-order valence-corrected chi connectivity index (χ4v) is 0.640. The SMILES string of the molecule is CCCC(=C=CC(=O)O)C(=O)O. The van der Waals surface area contributed by atoms with Crippen LogP contribution in [0.5, 0.6) is 0 Å². The number of carboxylic acid groups (broad SMARTS) is 2. The molecule has 0 heterocycles. The van der Waals surface area contributed by atoms with Crippen LogP contribution in [-0.2, 0) is 9.59 Å². The Kier molecular flexibility index (Phi) is 4.49. The Morgan fingerprint density at radius 3 is 2.33 bits per heavy atom. The molecule has 0 rings (SSSR count). The first kappa shape index (κ1) is 10.5. The van der Waals surface area contributed by atoms with E-state index in [0.29, 0.717) is 18.9 Å². The minimum absolute atomic E-state index is 0.0000926. The quantitative estimate of drug-likeness (QED) is 0.488. The van der Waals surface area contributed by atoms with E-state index >= 15 is 0 Å². The van der Waals surface area contributed by atoms with E-state index in [1.807, 2.05) is 6.92 Å². The molecule has 0 bridgehead atoms. The highest BCUT2D eigenvalue weighted by molar-refractivity contribution is 5.88. The number of hydrogen-bond donors (Lipinski definition) is 2. The average Bonchev–Trinajstić information content (AvgIpc) is 1.96. The van der Waals surface area contributed by atoms with Gasteiger partial charge in [-0.25, -0.2) is 9.59 Å². The van der Waals surface area contributed by atoms with Crippen LogP contribution >= 0.6 is 0 Å². The largest absolute Gasteiger partial charge is 0.478 e. The van der Waals surface area contributed by atoms with Crippen LogP contribution in [0.4, 0.5) is 0 Å². The molecule has 0 spiro atoms. The molecule has 0 unspecified atom stereocenters. The van der Waals surface area contributed by atoms with Crippen LogP contribution in [0.3, 0.4) is 0 Å². The van der Waals surface area contributed by atoms with Crippen molar-refractivity contribution in [2.75, 3.05) is 0 Å². The Bertz CT molecular complexity index is 246. The molecule has 0 fully saturated rings. The summed E-state index contributed by atoms with van der Waals surface area (Å²) in [5.41, 5.74) is 2.21. The van der Waals surface area contributed by atoms with Crippen molar-refractivity contribution in [2.24, 2.45) is 0 Å². The topological polar surface area (TPSA) is 74.6 Å². The zero-order valence-electron chi connectivity index (χ0n) is 6.70. The predicted molar refractivity (Wildman–Crippen MR) is 41.8 cm³/mol. The summed E-state index contributed by atoms with van der Waals surface area (Å²) in [4.78, 5) is 20.4. The second kappa shape index (κ2) is 5.16. The number of carboxylic acids is 2. The first-order chi connectivity index (χ1) is 5.57. The van der Waals surface area contributed by atoms with Gasteiger partial charge in [0.1, 0.15) is 0 Å². The molecule has 4 nitrogen and oxygen atoms in total. The molecule has 0 amide bonds. The van der Waals surface area contributed by atoms with Gasteiger partial charge in [0.2, 0.25) is 0 Å². The Balaban J connectivity index is 4.60. The Morgan fingerprint density at radius 1 is 1.42 bits per heavy atom.